The molecule has 30 heavy (non-hydrogen) atoms. The molecule has 1 amide bonds. The largest absolute Gasteiger partial charge is 0.507 e. The molecule has 3 rings (SSSR count). The molecule has 0 atom stereocenters. The van der Waals surface area contributed by atoms with Gasteiger partial charge in [-0.3, -0.25) is 4.79 Å². The zero-order chi connectivity index (χ0) is 22.3. The van der Waals surface area contributed by atoms with E-state index in [0.717, 1.165) is 23.3 Å². The first kappa shape index (κ1) is 24.3. The van der Waals surface area contributed by atoms with Gasteiger partial charge >= 0.3 is 6.18 Å². The maximum Gasteiger partial charge on any atom is 0.416 e. The Morgan fingerprint density at radius 2 is 1.40 bits per heavy atom. The van der Waals surface area contributed by atoms with E-state index in [9.17, 15) is 23.1 Å². The Morgan fingerprint density at radius 1 is 0.867 bits per heavy atom. The van der Waals surface area contributed by atoms with E-state index in [4.69, 9.17) is 33.7 Å². The normalized spacial score (nSPS) is 10.9. The lowest BCUT2D eigenvalue weighted by Crippen LogP contribution is -2.14. The monoisotopic (exact) mass is 493 g/mol. The van der Waals surface area contributed by atoms with E-state index in [1.54, 1.807) is 24.3 Å². The number of aromatic hydroxyl groups is 1. The van der Waals surface area contributed by atoms with Crippen LogP contribution in [0.1, 0.15) is 15.9 Å². The summed E-state index contributed by atoms with van der Waals surface area (Å²) in [7, 11) is 0. The Labute approximate surface area is 186 Å². The smallest absolute Gasteiger partial charge is 0.416 e. The fraction of sp³-hybridized carbons (Fsp3) is 0.0500. The van der Waals surface area contributed by atoms with E-state index < -0.39 is 34.9 Å². The van der Waals surface area contributed by atoms with E-state index in [1.807, 2.05) is 30.3 Å². The van der Waals surface area contributed by atoms with E-state index in [0.29, 0.717) is 11.8 Å². The molecule has 0 radical (unpaired) electrons. The van der Waals surface area contributed by atoms with Crippen LogP contribution in [0.4, 0.5) is 18.9 Å². The van der Waals surface area contributed by atoms with Crippen LogP contribution < -0.4 is 5.32 Å². The van der Waals surface area contributed by atoms with E-state index in [1.165, 1.54) is 0 Å². The third-order valence-corrected chi connectivity index (χ3v) is 3.82. The molecule has 3 aromatic carbocycles. The van der Waals surface area contributed by atoms with Crippen LogP contribution in [0.25, 0.3) is 11.1 Å². The van der Waals surface area contributed by atoms with Crippen molar-refractivity contribution in [3.05, 3.63) is 83.9 Å². The number of phenols is 1. The lowest BCUT2D eigenvalue weighted by molar-refractivity contribution is -0.137. The van der Waals surface area contributed by atoms with Gasteiger partial charge in [0.25, 0.3) is 5.91 Å². The molecule has 0 aliphatic carbocycles. The molecule has 3 nitrogen and oxygen atoms in total. The summed E-state index contributed by atoms with van der Waals surface area (Å²) in [5, 5.41) is 12.2. The maximum absolute atomic E-state index is 12.8. The second-order valence-corrected chi connectivity index (χ2v) is 10.8. The number of benzene rings is 3. The summed E-state index contributed by atoms with van der Waals surface area (Å²) in [4.78, 5) is 12.2. The van der Waals surface area contributed by atoms with Gasteiger partial charge in [-0.25, -0.2) is 0 Å². The number of anilines is 1. The molecule has 0 unspecified atom stereocenters. The highest BCUT2D eigenvalue weighted by Crippen LogP contribution is 2.51. The molecule has 0 heterocycles. The topological polar surface area (TPSA) is 49.3 Å². The predicted molar refractivity (Wildman–Crippen MR) is 117 cm³/mol. The van der Waals surface area contributed by atoms with E-state index >= 15 is 0 Å². The molecule has 0 aliphatic rings. The van der Waals surface area contributed by atoms with Crippen molar-refractivity contribution in [2.45, 2.75) is 6.18 Å². The molecule has 0 aliphatic heterocycles. The summed E-state index contributed by atoms with van der Waals surface area (Å²) in [5.41, 5.74) is 0.907. The minimum Gasteiger partial charge on any atom is -0.507 e. The summed E-state index contributed by atoms with van der Waals surface area (Å²) < 4.78 is 38.3. The first-order valence-electron chi connectivity index (χ1n) is 8.22. The summed E-state index contributed by atoms with van der Waals surface area (Å²) in [6.45, 7) is 0. The highest BCUT2D eigenvalue weighted by atomic mass is 36.0. The number of phenolic OH excluding ortho intramolecular Hbond substituents is 1. The quantitative estimate of drug-likeness (QED) is 0.360. The third-order valence-electron chi connectivity index (χ3n) is 3.82. The number of carbonyl (C=O) groups is 1. The fourth-order valence-electron chi connectivity index (χ4n) is 2.47. The van der Waals surface area contributed by atoms with Crippen LogP contribution in [0.15, 0.2) is 72.8 Å². The van der Waals surface area contributed by atoms with Gasteiger partial charge in [0.05, 0.1) is 11.1 Å². The van der Waals surface area contributed by atoms with Crippen molar-refractivity contribution in [3.63, 3.8) is 0 Å². The Hall–Kier alpha value is -1.98. The predicted octanol–water partition coefficient (Wildman–Crippen LogP) is 8.26. The molecule has 0 bridgehead atoms. The minimum absolute atomic E-state index is 0.409. The van der Waals surface area contributed by atoms with Gasteiger partial charge in [0.2, 0.25) is 0 Å². The Balaban J connectivity index is 0.000000735. The second kappa shape index (κ2) is 10.9. The second-order valence-electron chi connectivity index (χ2n) is 5.82. The van der Waals surface area contributed by atoms with Crippen LogP contribution in [-0.4, -0.2) is 11.0 Å². The van der Waals surface area contributed by atoms with Crippen LogP contribution in [0.3, 0.4) is 0 Å². The summed E-state index contributed by atoms with van der Waals surface area (Å²) in [5.74, 6) is -2.54. The van der Waals surface area contributed by atoms with Gasteiger partial charge in [-0.1, -0.05) is 76.2 Å². The van der Waals surface area contributed by atoms with Gasteiger partial charge in [-0.2, -0.15) is 13.2 Å². The van der Waals surface area contributed by atoms with Crippen LogP contribution in [-0.2, 0) is 6.18 Å². The van der Waals surface area contributed by atoms with Gasteiger partial charge < -0.3 is 10.4 Å². The van der Waals surface area contributed by atoms with Gasteiger partial charge in [-0.15, -0.1) is 0 Å². The first-order chi connectivity index (χ1) is 14.1. The standard InChI is InChI=1S/C20H14F3NO2.Cl3P/c21-20(22,23)15-8-11-18(25)17(12-15)19(26)24-16-9-6-14(7-10-16)13-4-2-1-3-5-13;1-4(2)3/h1-12,25H,(H,24,26);. The van der Waals surface area contributed by atoms with Gasteiger partial charge in [-0.05, 0) is 41.5 Å². The summed E-state index contributed by atoms with van der Waals surface area (Å²) in [6, 6.07) is 18.7. The van der Waals surface area contributed by atoms with Gasteiger partial charge in [0.15, 0.2) is 5.98 Å². The maximum atomic E-state index is 12.8. The van der Waals surface area contributed by atoms with Crippen molar-refractivity contribution in [3.8, 4) is 16.9 Å². The lowest BCUT2D eigenvalue weighted by Gasteiger charge is -2.11. The van der Waals surface area contributed by atoms with E-state index in [-0.39, 0.29) is 0 Å². The molecule has 2 N–H and O–H groups in total. The molecule has 158 valence electrons. The summed E-state index contributed by atoms with van der Waals surface area (Å²) in [6.07, 6.45) is -4.60. The van der Waals surface area contributed by atoms with E-state index in [2.05, 4.69) is 5.32 Å². The number of rotatable bonds is 3. The van der Waals surface area contributed by atoms with Gasteiger partial charge in [0, 0.05) is 5.69 Å². The molecular formula is C20H14Cl3F3NO2P. The Bertz CT molecular complexity index is 982. The van der Waals surface area contributed by atoms with Crippen molar-refractivity contribution in [2.24, 2.45) is 0 Å². The van der Waals surface area contributed by atoms with Crippen LogP contribution in [0.5, 0.6) is 5.75 Å². The first-order valence-corrected chi connectivity index (χ1v) is 12.3. The van der Waals surface area contributed by atoms with Crippen molar-refractivity contribution < 1.29 is 23.1 Å². The molecule has 3 aromatic rings. The highest BCUT2D eigenvalue weighted by molar-refractivity contribution is 8.20. The van der Waals surface area contributed by atoms with Crippen LogP contribution in [0, 0.1) is 0 Å². The SMILES string of the molecule is ClP(Cl)Cl.O=C(Nc1ccc(-c2ccccc2)cc1)c1cc(C(F)(F)F)ccc1O. The zero-order valence-electron chi connectivity index (χ0n) is 15.0. The average molecular weight is 495 g/mol. The number of carbonyl (C=O) groups excluding carboxylic acids is 1. The molecular weight excluding hydrogens is 481 g/mol. The number of halogens is 6. The zero-order valence-corrected chi connectivity index (χ0v) is 18.2. The molecule has 0 fully saturated rings. The summed E-state index contributed by atoms with van der Waals surface area (Å²) >= 11 is 14.6. The highest BCUT2D eigenvalue weighted by Gasteiger charge is 2.31. The van der Waals surface area contributed by atoms with Crippen molar-refractivity contribution >= 4 is 51.3 Å². The number of amides is 1. The van der Waals surface area contributed by atoms with Crippen LogP contribution in [0.2, 0.25) is 0 Å². The Kier molecular flexibility index (Phi) is 8.80. The van der Waals surface area contributed by atoms with Crippen molar-refractivity contribution in [2.75, 3.05) is 5.32 Å². The van der Waals surface area contributed by atoms with Crippen molar-refractivity contribution in [1.82, 2.24) is 0 Å². The number of nitrogens with one attached hydrogen (secondary N) is 1. The number of hydrogen-bond donors (Lipinski definition) is 2. The number of hydrogen-bond acceptors (Lipinski definition) is 2. The molecule has 0 saturated heterocycles. The van der Waals surface area contributed by atoms with Crippen molar-refractivity contribution in [1.29, 1.82) is 0 Å². The average Bonchev–Trinajstić information content (AvgIpc) is 2.68. The Morgan fingerprint density at radius 3 is 1.93 bits per heavy atom. The molecule has 0 spiro atoms. The minimum atomic E-state index is -4.60. The molecule has 0 saturated carbocycles. The molecule has 10 heteroatoms. The third kappa shape index (κ3) is 7.37. The molecule has 0 aromatic heterocycles. The number of alkyl halides is 3. The lowest BCUT2D eigenvalue weighted by atomic mass is 10.1. The van der Waals surface area contributed by atoms with Gasteiger partial charge in [0.1, 0.15) is 5.75 Å². The fourth-order valence-corrected chi connectivity index (χ4v) is 2.47. The van der Waals surface area contributed by atoms with Crippen LogP contribution >= 0.6 is 39.7 Å².